The van der Waals surface area contributed by atoms with E-state index in [0.717, 1.165) is 25.1 Å². The van der Waals surface area contributed by atoms with Crippen molar-refractivity contribution in [2.45, 2.75) is 19.9 Å². The topological polar surface area (TPSA) is 97.2 Å². The molecular weight excluding hydrogens is 406 g/mol. The van der Waals surface area contributed by atoms with Gasteiger partial charge in [-0.15, -0.1) is 0 Å². The maximum Gasteiger partial charge on any atom is 0.409 e. The monoisotopic (exact) mass is 435 g/mol. The minimum Gasteiger partial charge on any atom is -0.450 e. The van der Waals surface area contributed by atoms with Crippen molar-refractivity contribution < 1.29 is 17.9 Å². The smallest absolute Gasteiger partial charge is 0.409 e. The number of nitrogens with zero attached hydrogens (tertiary/aromatic N) is 5. The van der Waals surface area contributed by atoms with Crippen LogP contribution >= 0.6 is 0 Å². The van der Waals surface area contributed by atoms with E-state index in [4.69, 9.17) is 10.00 Å². The SMILES string of the molecule is CCOC(=O)N1CCN(S(=O)(=O)N2CCCN(Cc3ccc(C#N)cc3)CC2)CC1. The van der Waals surface area contributed by atoms with Crippen molar-refractivity contribution in [3.63, 3.8) is 0 Å². The second-order valence-corrected chi connectivity index (χ2v) is 9.36. The molecule has 2 aliphatic rings. The summed E-state index contributed by atoms with van der Waals surface area (Å²) in [6.07, 6.45) is 0.376. The number of carbonyl (C=O) groups excluding carboxylic acids is 1. The Balaban J connectivity index is 1.53. The normalized spacial score (nSPS) is 19.8. The molecule has 0 spiro atoms. The largest absolute Gasteiger partial charge is 0.450 e. The van der Waals surface area contributed by atoms with Crippen LogP contribution in [0.2, 0.25) is 0 Å². The number of carbonyl (C=O) groups is 1. The molecule has 164 valence electrons. The summed E-state index contributed by atoms with van der Waals surface area (Å²) in [6, 6.07) is 9.62. The van der Waals surface area contributed by atoms with Gasteiger partial charge in [-0.05, 0) is 37.6 Å². The number of piperazine rings is 1. The van der Waals surface area contributed by atoms with Crippen molar-refractivity contribution in [2.75, 3.05) is 59.0 Å². The Morgan fingerprint density at radius 1 is 1.00 bits per heavy atom. The third-order valence-corrected chi connectivity index (χ3v) is 7.49. The van der Waals surface area contributed by atoms with Crippen molar-refractivity contribution in [1.29, 1.82) is 5.26 Å². The predicted octanol–water partition coefficient (Wildman–Crippen LogP) is 1.08. The lowest BCUT2D eigenvalue weighted by Crippen LogP contribution is -2.54. The predicted molar refractivity (Wildman–Crippen MR) is 112 cm³/mol. The first kappa shape index (κ1) is 22.5. The van der Waals surface area contributed by atoms with E-state index in [0.29, 0.717) is 44.9 Å². The fourth-order valence-corrected chi connectivity index (χ4v) is 5.38. The fourth-order valence-electron chi connectivity index (χ4n) is 3.76. The minimum absolute atomic E-state index is 0.284. The van der Waals surface area contributed by atoms with Gasteiger partial charge in [0.05, 0.1) is 18.2 Å². The van der Waals surface area contributed by atoms with Crippen molar-refractivity contribution in [3.05, 3.63) is 35.4 Å². The van der Waals surface area contributed by atoms with Crippen molar-refractivity contribution in [2.24, 2.45) is 0 Å². The number of hydrogen-bond donors (Lipinski definition) is 0. The minimum atomic E-state index is -3.55. The standard InChI is InChI=1S/C20H29N5O4S/c1-2-29-20(26)23-11-14-25(15-12-23)30(27,28)24-9-3-8-22(10-13-24)17-19-6-4-18(16-21)5-7-19/h4-7H,2-3,8-15,17H2,1H3. The van der Waals surface area contributed by atoms with Gasteiger partial charge in [-0.1, -0.05) is 12.1 Å². The van der Waals surface area contributed by atoms with E-state index in [1.54, 1.807) is 28.3 Å². The molecule has 2 aliphatic heterocycles. The van der Waals surface area contributed by atoms with E-state index in [9.17, 15) is 13.2 Å². The number of rotatable bonds is 5. The van der Waals surface area contributed by atoms with Crippen LogP contribution < -0.4 is 0 Å². The summed E-state index contributed by atoms with van der Waals surface area (Å²) >= 11 is 0. The first-order valence-electron chi connectivity index (χ1n) is 10.3. The zero-order valence-electron chi connectivity index (χ0n) is 17.4. The Hall–Kier alpha value is -2.19. The molecule has 0 aliphatic carbocycles. The molecule has 0 saturated carbocycles. The maximum atomic E-state index is 13.1. The van der Waals surface area contributed by atoms with Crippen LogP contribution in [-0.4, -0.2) is 91.9 Å². The highest BCUT2D eigenvalue weighted by molar-refractivity contribution is 7.86. The molecule has 30 heavy (non-hydrogen) atoms. The molecule has 0 radical (unpaired) electrons. The average molecular weight is 436 g/mol. The molecule has 2 heterocycles. The maximum absolute atomic E-state index is 13.1. The summed E-state index contributed by atoms with van der Waals surface area (Å²) in [5.41, 5.74) is 1.75. The fraction of sp³-hybridized carbons (Fsp3) is 0.600. The second kappa shape index (κ2) is 10.2. The van der Waals surface area contributed by atoms with Crippen LogP contribution in [0.1, 0.15) is 24.5 Å². The quantitative estimate of drug-likeness (QED) is 0.687. The van der Waals surface area contributed by atoms with E-state index in [2.05, 4.69) is 11.0 Å². The summed E-state index contributed by atoms with van der Waals surface area (Å²) in [4.78, 5) is 15.6. The van der Waals surface area contributed by atoms with Gasteiger partial charge in [0.2, 0.25) is 0 Å². The number of nitriles is 1. The van der Waals surface area contributed by atoms with E-state index in [1.807, 2.05) is 12.1 Å². The molecule has 1 aromatic rings. The molecule has 2 fully saturated rings. The van der Waals surface area contributed by atoms with Crippen molar-refractivity contribution in [1.82, 2.24) is 18.4 Å². The molecule has 2 saturated heterocycles. The van der Waals surface area contributed by atoms with Crippen LogP contribution in [0.4, 0.5) is 4.79 Å². The molecule has 3 rings (SSSR count). The van der Waals surface area contributed by atoms with E-state index in [-0.39, 0.29) is 19.2 Å². The number of hydrogen-bond acceptors (Lipinski definition) is 6. The van der Waals surface area contributed by atoms with Crippen molar-refractivity contribution >= 4 is 16.3 Å². The second-order valence-electron chi connectivity index (χ2n) is 7.43. The Bertz CT molecular complexity index is 860. The lowest BCUT2D eigenvalue weighted by atomic mass is 10.1. The molecule has 0 unspecified atom stereocenters. The summed E-state index contributed by atoms with van der Waals surface area (Å²) < 4.78 is 34.2. The molecule has 0 aromatic heterocycles. The molecular formula is C20H29N5O4S. The van der Waals surface area contributed by atoms with Gasteiger partial charge < -0.3 is 9.64 Å². The van der Waals surface area contributed by atoms with Gasteiger partial charge in [0, 0.05) is 52.4 Å². The lowest BCUT2D eigenvalue weighted by Gasteiger charge is -2.36. The van der Waals surface area contributed by atoms with E-state index in [1.165, 1.54) is 4.31 Å². The van der Waals surface area contributed by atoms with Crippen molar-refractivity contribution in [3.8, 4) is 6.07 Å². The Morgan fingerprint density at radius 2 is 1.63 bits per heavy atom. The van der Waals surface area contributed by atoms with Crippen LogP contribution in [0.5, 0.6) is 0 Å². The lowest BCUT2D eigenvalue weighted by molar-refractivity contribution is 0.0924. The first-order valence-corrected chi connectivity index (χ1v) is 11.7. The highest BCUT2D eigenvalue weighted by atomic mass is 32.2. The molecule has 1 aromatic carbocycles. The summed E-state index contributed by atoms with van der Waals surface area (Å²) in [5.74, 6) is 0. The van der Waals surface area contributed by atoms with E-state index < -0.39 is 10.2 Å². The Morgan fingerprint density at radius 3 is 2.27 bits per heavy atom. The van der Waals surface area contributed by atoms with Crippen LogP contribution in [0.15, 0.2) is 24.3 Å². The summed E-state index contributed by atoms with van der Waals surface area (Å²) in [6.45, 7) is 6.46. The number of amides is 1. The van der Waals surface area contributed by atoms with Crippen LogP contribution in [-0.2, 0) is 21.5 Å². The Labute approximate surface area is 178 Å². The van der Waals surface area contributed by atoms with Gasteiger partial charge in [0.15, 0.2) is 0 Å². The van der Waals surface area contributed by atoms with Gasteiger partial charge in [0.25, 0.3) is 10.2 Å². The first-order chi connectivity index (χ1) is 14.4. The van der Waals surface area contributed by atoms with Gasteiger partial charge in [0.1, 0.15) is 0 Å². The van der Waals surface area contributed by atoms with Gasteiger partial charge in [-0.2, -0.15) is 22.3 Å². The zero-order chi connectivity index (χ0) is 21.6. The molecule has 0 bridgehead atoms. The van der Waals surface area contributed by atoms with Gasteiger partial charge in [-0.3, -0.25) is 4.90 Å². The Kier molecular flexibility index (Phi) is 7.66. The van der Waals surface area contributed by atoms with E-state index >= 15 is 0 Å². The van der Waals surface area contributed by atoms with Crippen LogP contribution in [0, 0.1) is 11.3 Å². The molecule has 10 heteroatoms. The highest BCUT2D eigenvalue weighted by Crippen LogP contribution is 2.17. The number of benzene rings is 1. The molecule has 1 amide bonds. The van der Waals surface area contributed by atoms with Gasteiger partial charge in [-0.25, -0.2) is 4.79 Å². The third kappa shape index (κ3) is 5.49. The molecule has 0 atom stereocenters. The third-order valence-electron chi connectivity index (χ3n) is 5.45. The van der Waals surface area contributed by atoms with Gasteiger partial charge >= 0.3 is 6.09 Å². The van der Waals surface area contributed by atoms with Crippen LogP contribution in [0.25, 0.3) is 0 Å². The van der Waals surface area contributed by atoms with Crippen LogP contribution in [0.3, 0.4) is 0 Å². The average Bonchev–Trinajstić information content (AvgIpc) is 3.01. The highest BCUT2D eigenvalue weighted by Gasteiger charge is 2.34. The molecule has 9 nitrogen and oxygen atoms in total. The summed E-state index contributed by atoms with van der Waals surface area (Å²) in [7, 11) is -3.55. The number of ether oxygens (including phenoxy) is 1. The summed E-state index contributed by atoms with van der Waals surface area (Å²) in [5, 5.41) is 8.91. The zero-order valence-corrected chi connectivity index (χ0v) is 18.2. The molecule has 0 N–H and O–H groups in total.